The third-order valence-corrected chi connectivity index (χ3v) is 3.09. The molecule has 1 aromatic carbocycles. The van der Waals surface area contributed by atoms with E-state index in [4.69, 9.17) is 0 Å². The monoisotopic (exact) mass is 226 g/mol. The summed E-state index contributed by atoms with van der Waals surface area (Å²) in [6, 6.07) is 4.32. The fraction of sp³-hybridized carbons (Fsp3) is 0.500. The number of halogens is 2. The maximum absolute atomic E-state index is 13.2. The molecule has 0 spiro atoms. The summed E-state index contributed by atoms with van der Waals surface area (Å²) < 4.78 is 26.0. The zero-order chi connectivity index (χ0) is 11.5. The zero-order valence-electron chi connectivity index (χ0n) is 9.34. The topological polar surface area (TPSA) is 15.3 Å². The van der Waals surface area contributed by atoms with Crippen molar-refractivity contribution in [1.82, 2.24) is 10.2 Å². The largest absolute Gasteiger partial charge is 0.314 e. The third kappa shape index (κ3) is 2.23. The second-order valence-corrected chi connectivity index (χ2v) is 4.02. The van der Waals surface area contributed by atoms with Gasteiger partial charge in [0.1, 0.15) is 0 Å². The van der Waals surface area contributed by atoms with Crippen LogP contribution in [0.2, 0.25) is 0 Å². The van der Waals surface area contributed by atoms with Crippen LogP contribution in [0.3, 0.4) is 0 Å². The highest BCUT2D eigenvalue weighted by Gasteiger charge is 2.22. The molecule has 1 atom stereocenters. The number of rotatable bonds is 2. The summed E-state index contributed by atoms with van der Waals surface area (Å²) in [5.41, 5.74) is 0.841. The van der Waals surface area contributed by atoms with Crippen LogP contribution in [0.4, 0.5) is 8.78 Å². The Morgan fingerprint density at radius 2 is 2.19 bits per heavy atom. The van der Waals surface area contributed by atoms with Gasteiger partial charge in [-0.15, -0.1) is 0 Å². The Labute approximate surface area is 94.3 Å². The molecule has 0 bridgehead atoms. The molecule has 0 saturated carbocycles. The number of piperazine rings is 1. The number of likely N-dealkylation sites (N-methyl/N-ethyl adjacent to an activating group) is 1. The van der Waals surface area contributed by atoms with Crippen molar-refractivity contribution >= 4 is 0 Å². The van der Waals surface area contributed by atoms with E-state index in [0.717, 1.165) is 31.7 Å². The lowest BCUT2D eigenvalue weighted by Gasteiger charge is -2.35. The minimum Gasteiger partial charge on any atom is -0.314 e. The molecule has 2 rings (SSSR count). The summed E-state index contributed by atoms with van der Waals surface area (Å²) in [6.07, 6.45) is 0. The highest BCUT2D eigenvalue weighted by atomic mass is 19.2. The second-order valence-electron chi connectivity index (χ2n) is 4.02. The Bertz CT molecular complexity index is 368. The molecule has 1 aliphatic heterocycles. The molecule has 0 aromatic heterocycles. The van der Waals surface area contributed by atoms with Gasteiger partial charge < -0.3 is 5.32 Å². The lowest BCUT2D eigenvalue weighted by molar-refractivity contribution is 0.170. The third-order valence-electron chi connectivity index (χ3n) is 3.09. The average molecular weight is 226 g/mol. The first-order valence-corrected chi connectivity index (χ1v) is 5.62. The SMILES string of the molecule is CCN1CCNCC1c1ccc(F)c(F)c1. The molecule has 4 heteroatoms. The molecule has 0 radical (unpaired) electrons. The van der Waals surface area contributed by atoms with E-state index in [0.29, 0.717) is 0 Å². The number of nitrogens with zero attached hydrogens (tertiary/aromatic N) is 1. The van der Waals surface area contributed by atoms with Crippen LogP contribution in [0.1, 0.15) is 18.5 Å². The van der Waals surface area contributed by atoms with Crippen LogP contribution in [-0.4, -0.2) is 31.1 Å². The Hall–Kier alpha value is -1.00. The van der Waals surface area contributed by atoms with Gasteiger partial charge in [0.25, 0.3) is 0 Å². The van der Waals surface area contributed by atoms with Crippen molar-refractivity contribution in [3.05, 3.63) is 35.4 Å². The maximum Gasteiger partial charge on any atom is 0.159 e. The molecule has 1 N–H and O–H groups in total. The Balaban J connectivity index is 2.23. The molecule has 2 nitrogen and oxygen atoms in total. The normalized spacial score (nSPS) is 22.3. The molecule has 16 heavy (non-hydrogen) atoms. The van der Waals surface area contributed by atoms with Crippen LogP contribution in [0, 0.1) is 11.6 Å². The van der Waals surface area contributed by atoms with Gasteiger partial charge in [-0.1, -0.05) is 13.0 Å². The van der Waals surface area contributed by atoms with Gasteiger partial charge in [0.05, 0.1) is 0 Å². The minimum atomic E-state index is -0.782. The second kappa shape index (κ2) is 4.89. The van der Waals surface area contributed by atoms with Gasteiger partial charge in [0.2, 0.25) is 0 Å². The Kier molecular flexibility index (Phi) is 3.51. The van der Waals surface area contributed by atoms with Gasteiger partial charge >= 0.3 is 0 Å². The van der Waals surface area contributed by atoms with Crippen molar-refractivity contribution in [3.63, 3.8) is 0 Å². The number of hydrogen-bond donors (Lipinski definition) is 1. The van der Waals surface area contributed by atoms with E-state index < -0.39 is 11.6 Å². The van der Waals surface area contributed by atoms with Gasteiger partial charge in [-0.2, -0.15) is 0 Å². The molecule has 1 heterocycles. The Morgan fingerprint density at radius 3 is 2.88 bits per heavy atom. The predicted molar refractivity (Wildman–Crippen MR) is 59.2 cm³/mol. The van der Waals surface area contributed by atoms with E-state index in [1.165, 1.54) is 12.1 Å². The first kappa shape index (κ1) is 11.5. The van der Waals surface area contributed by atoms with Crippen LogP contribution >= 0.6 is 0 Å². The number of nitrogens with one attached hydrogen (secondary N) is 1. The number of benzene rings is 1. The summed E-state index contributed by atoms with van der Waals surface area (Å²) >= 11 is 0. The van der Waals surface area contributed by atoms with E-state index in [2.05, 4.69) is 17.1 Å². The summed E-state index contributed by atoms with van der Waals surface area (Å²) in [5.74, 6) is -1.55. The Morgan fingerprint density at radius 1 is 1.38 bits per heavy atom. The van der Waals surface area contributed by atoms with Crippen LogP contribution in [0.15, 0.2) is 18.2 Å². The van der Waals surface area contributed by atoms with Crippen molar-refractivity contribution in [1.29, 1.82) is 0 Å². The molecule has 1 aliphatic rings. The van der Waals surface area contributed by atoms with Gasteiger partial charge in [-0.3, -0.25) is 4.90 Å². The number of hydrogen-bond acceptors (Lipinski definition) is 2. The van der Waals surface area contributed by atoms with Gasteiger partial charge in [-0.05, 0) is 24.2 Å². The van der Waals surface area contributed by atoms with Crippen LogP contribution in [0.25, 0.3) is 0 Å². The van der Waals surface area contributed by atoms with Crippen LogP contribution in [-0.2, 0) is 0 Å². The van der Waals surface area contributed by atoms with Gasteiger partial charge in [-0.25, -0.2) is 8.78 Å². The zero-order valence-corrected chi connectivity index (χ0v) is 9.34. The average Bonchev–Trinajstić information content (AvgIpc) is 2.32. The van der Waals surface area contributed by atoms with E-state index >= 15 is 0 Å². The van der Waals surface area contributed by atoms with Crippen molar-refractivity contribution in [2.75, 3.05) is 26.2 Å². The molecule has 0 amide bonds. The van der Waals surface area contributed by atoms with Crippen molar-refractivity contribution < 1.29 is 8.78 Å². The smallest absolute Gasteiger partial charge is 0.159 e. The van der Waals surface area contributed by atoms with Gasteiger partial charge in [0.15, 0.2) is 11.6 Å². The molecular weight excluding hydrogens is 210 g/mol. The maximum atomic E-state index is 13.2. The standard InChI is InChI=1S/C12H16F2N2/c1-2-16-6-5-15-8-12(16)9-3-4-10(13)11(14)7-9/h3-4,7,12,15H,2,5-6,8H2,1H3. The van der Waals surface area contributed by atoms with E-state index in [9.17, 15) is 8.78 Å². The summed E-state index contributed by atoms with van der Waals surface area (Å²) in [7, 11) is 0. The highest BCUT2D eigenvalue weighted by Crippen LogP contribution is 2.23. The lowest BCUT2D eigenvalue weighted by atomic mass is 10.0. The molecular formula is C12H16F2N2. The van der Waals surface area contributed by atoms with E-state index in [-0.39, 0.29) is 6.04 Å². The molecule has 1 aromatic rings. The van der Waals surface area contributed by atoms with Crippen molar-refractivity contribution in [2.24, 2.45) is 0 Å². The molecule has 88 valence electrons. The van der Waals surface area contributed by atoms with Crippen LogP contribution in [0.5, 0.6) is 0 Å². The molecule has 1 saturated heterocycles. The van der Waals surface area contributed by atoms with Gasteiger partial charge in [0, 0.05) is 25.7 Å². The molecule has 0 aliphatic carbocycles. The fourth-order valence-corrected chi connectivity index (χ4v) is 2.17. The first-order valence-electron chi connectivity index (χ1n) is 5.62. The molecule has 1 fully saturated rings. The lowest BCUT2D eigenvalue weighted by Crippen LogP contribution is -2.45. The van der Waals surface area contributed by atoms with Crippen molar-refractivity contribution in [2.45, 2.75) is 13.0 Å². The fourth-order valence-electron chi connectivity index (χ4n) is 2.17. The molecule has 1 unspecified atom stereocenters. The predicted octanol–water partition coefficient (Wildman–Crippen LogP) is 1.93. The quantitative estimate of drug-likeness (QED) is 0.829. The van der Waals surface area contributed by atoms with Crippen LogP contribution < -0.4 is 5.32 Å². The van der Waals surface area contributed by atoms with E-state index in [1.54, 1.807) is 6.07 Å². The van der Waals surface area contributed by atoms with E-state index in [1.807, 2.05) is 0 Å². The summed E-state index contributed by atoms with van der Waals surface area (Å²) in [5, 5.41) is 3.27. The first-order chi connectivity index (χ1) is 7.72. The van der Waals surface area contributed by atoms with Crippen molar-refractivity contribution in [3.8, 4) is 0 Å². The summed E-state index contributed by atoms with van der Waals surface area (Å²) in [6.45, 7) is 5.69. The highest BCUT2D eigenvalue weighted by molar-refractivity contribution is 5.22. The minimum absolute atomic E-state index is 0.147. The summed E-state index contributed by atoms with van der Waals surface area (Å²) in [4.78, 5) is 2.27.